The molecule has 1 unspecified atom stereocenters. The highest BCUT2D eigenvalue weighted by Gasteiger charge is 2.23. The van der Waals surface area contributed by atoms with Gasteiger partial charge in [-0.15, -0.1) is 0 Å². The van der Waals surface area contributed by atoms with Crippen molar-refractivity contribution in [3.8, 4) is 0 Å². The van der Waals surface area contributed by atoms with E-state index >= 15 is 0 Å². The Bertz CT molecular complexity index is 729. The fraction of sp³-hybridized carbons (Fsp3) is 0.333. The van der Waals surface area contributed by atoms with Crippen LogP contribution in [0.15, 0.2) is 54.6 Å². The highest BCUT2D eigenvalue weighted by Crippen LogP contribution is 2.10. The first kappa shape index (κ1) is 19.7. The predicted molar refractivity (Wildman–Crippen MR) is 105 cm³/mol. The van der Waals surface area contributed by atoms with E-state index in [1.54, 1.807) is 7.05 Å². The number of aryl methyl sites for hydroxylation is 1. The maximum Gasteiger partial charge on any atom is 0.243 e. The zero-order valence-electron chi connectivity index (χ0n) is 15.9. The van der Waals surface area contributed by atoms with Crippen LogP contribution in [0.4, 0.5) is 5.69 Å². The highest BCUT2D eigenvalue weighted by atomic mass is 16.2. The van der Waals surface area contributed by atoms with Crippen molar-refractivity contribution in [2.45, 2.75) is 26.4 Å². The van der Waals surface area contributed by atoms with E-state index in [1.165, 1.54) is 4.90 Å². The number of carbonyl (C=O) groups is 2. The Kier molecular flexibility index (Phi) is 6.92. The molecule has 138 valence electrons. The molecule has 0 saturated heterocycles. The van der Waals surface area contributed by atoms with Crippen LogP contribution in [0.3, 0.4) is 0 Å². The molecule has 5 heteroatoms. The monoisotopic (exact) mass is 353 g/mol. The second-order valence-electron chi connectivity index (χ2n) is 6.69. The van der Waals surface area contributed by atoms with Crippen LogP contribution in [0.5, 0.6) is 0 Å². The summed E-state index contributed by atoms with van der Waals surface area (Å²) in [5, 5.41) is 2.82. The minimum Gasteiger partial charge on any atom is -0.335 e. The molecule has 2 aromatic rings. The van der Waals surface area contributed by atoms with Gasteiger partial charge in [0, 0.05) is 19.3 Å². The summed E-state index contributed by atoms with van der Waals surface area (Å²) in [5.41, 5.74) is 3.01. The summed E-state index contributed by atoms with van der Waals surface area (Å²) in [5.74, 6) is -0.287. The SMILES string of the molecule is Cc1ccc(NC(=O)CN(C)C(=O)C(C)N(C)Cc2ccccc2)cc1. The molecule has 0 aliphatic carbocycles. The topological polar surface area (TPSA) is 52.7 Å². The normalized spacial score (nSPS) is 11.9. The lowest BCUT2D eigenvalue weighted by atomic mass is 10.2. The van der Waals surface area contributed by atoms with E-state index in [2.05, 4.69) is 5.32 Å². The van der Waals surface area contributed by atoms with Gasteiger partial charge in [-0.1, -0.05) is 48.0 Å². The molecule has 2 aromatic carbocycles. The average Bonchev–Trinajstić information content (AvgIpc) is 2.63. The van der Waals surface area contributed by atoms with E-state index in [1.807, 2.05) is 80.4 Å². The molecule has 0 bridgehead atoms. The number of hydrogen-bond donors (Lipinski definition) is 1. The standard InChI is InChI=1S/C21H27N3O2/c1-16-10-12-19(13-11-16)22-20(25)15-24(4)21(26)17(2)23(3)14-18-8-6-5-7-9-18/h5-13,17H,14-15H2,1-4H3,(H,22,25). The third-order valence-electron chi connectivity index (χ3n) is 4.39. The molecule has 0 heterocycles. The van der Waals surface area contributed by atoms with Crippen LogP contribution < -0.4 is 5.32 Å². The third-order valence-corrected chi connectivity index (χ3v) is 4.39. The van der Waals surface area contributed by atoms with Gasteiger partial charge >= 0.3 is 0 Å². The van der Waals surface area contributed by atoms with E-state index < -0.39 is 0 Å². The summed E-state index contributed by atoms with van der Waals surface area (Å²) in [7, 11) is 3.57. The summed E-state index contributed by atoms with van der Waals surface area (Å²) in [6.45, 7) is 4.55. The molecule has 0 spiro atoms. The van der Waals surface area contributed by atoms with Gasteiger partial charge in [-0.2, -0.15) is 0 Å². The first-order valence-electron chi connectivity index (χ1n) is 8.72. The van der Waals surface area contributed by atoms with Crippen molar-refractivity contribution in [3.63, 3.8) is 0 Å². The zero-order valence-corrected chi connectivity index (χ0v) is 15.9. The maximum atomic E-state index is 12.6. The Labute approximate surface area is 155 Å². The van der Waals surface area contributed by atoms with Gasteiger partial charge in [-0.25, -0.2) is 0 Å². The Morgan fingerprint density at radius 2 is 1.62 bits per heavy atom. The lowest BCUT2D eigenvalue weighted by molar-refractivity contribution is -0.137. The highest BCUT2D eigenvalue weighted by molar-refractivity contribution is 5.95. The number of nitrogens with zero attached hydrogens (tertiary/aromatic N) is 2. The molecule has 2 rings (SSSR count). The number of rotatable bonds is 7. The summed E-state index contributed by atoms with van der Waals surface area (Å²) in [6.07, 6.45) is 0. The molecule has 1 N–H and O–H groups in total. The van der Waals surface area contributed by atoms with E-state index in [9.17, 15) is 9.59 Å². The maximum absolute atomic E-state index is 12.6. The molecular formula is C21H27N3O2. The molecule has 2 amide bonds. The van der Waals surface area contributed by atoms with E-state index in [4.69, 9.17) is 0 Å². The van der Waals surface area contributed by atoms with Gasteiger partial charge in [-0.05, 0) is 38.6 Å². The van der Waals surface area contributed by atoms with Gasteiger partial charge in [0.25, 0.3) is 0 Å². The molecule has 1 atom stereocenters. The number of nitrogens with one attached hydrogen (secondary N) is 1. The average molecular weight is 353 g/mol. The molecular weight excluding hydrogens is 326 g/mol. The van der Waals surface area contributed by atoms with Crippen LogP contribution in [0, 0.1) is 6.92 Å². The van der Waals surface area contributed by atoms with Gasteiger partial charge in [0.15, 0.2) is 0 Å². The first-order valence-corrected chi connectivity index (χ1v) is 8.72. The quantitative estimate of drug-likeness (QED) is 0.833. The fourth-order valence-corrected chi connectivity index (χ4v) is 2.65. The van der Waals surface area contributed by atoms with Crippen LogP contribution >= 0.6 is 0 Å². The summed E-state index contributed by atoms with van der Waals surface area (Å²) in [4.78, 5) is 28.2. The van der Waals surface area contributed by atoms with Crippen molar-refractivity contribution in [1.29, 1.82) is 0 Å². The smallest absolute Gasteiger partial charge is 0.243 e. The minimum absolute atomic E-state index is 0.0240. The van der Waals surface area contributed by atoms with E-state index in [-0.39, 0.29) is 24.4 Å². The Morgan fingerprint density at radius 1 is 1.00 bits per heavy atom. The summed E-state index contributed by atoms with van der Waals surface area (Å²) in [6, 6.07) is 17.3. The van der Waals surface area contributed by atoms with Gasteiger partial charge in [0.2, 0.25) is 11.8 Å². The third kappa shape index (κ3) is 5.70. The summed E-state index contributed by atoms with van der Waals surface area (Å²) < 4.78 is 0. The Balaban J connectivity index is 1.86. The molecule has 5 nitrogen and oxygen atoms in total. The first-order chi connectivity index (χ1) is 12.4. The number of likely N-dealkylation sites (N-methyl/N-ethyl adjacent to an activating group) is 2. The van der Waals surface area contributed by atoms with Crippen LogP contribution in [-0.4, -0.2) is 48.3 Å². The molecule has 26 heavy (non-hydrogen) atoms. The fourth-order valence-electron chi connectivity index (χ4n) is 2.65. The van der Waals surface area contributed by atoms with Crippen LogP contribution in [0.2, 0.25) is 0 Å². The van der Waals surface area contributed by atoms with Gasteiger partial charge in [0.1, 0.15) is 0 Å². The van der Waals surface area contributed by atoms with Gasteiger partial charge in [-0.3, -0.25) is 14.5 Å². The number of amides is 2. The van der Waals surface area contributed by atoms with Crippen molar-refractivity contribution in [3.05, 3.63) is 65.7 Å². The number of benzene rings is 2. The number of hydrogen-bond acceptors (Lipinski definition) is 3. The van der Waals surface area contributed by atoms with Gasteiger partial charge in [0.05, 0.1) is 12.6 Å². The molecule has 0 fully saturated rings. The Hall–Kier alpha value is -2.66. The molecule has 0 aliphatic heterocycles. The second-order valence-corrected chi connectivity index (χ2v) is 6.69. The van der Waals surface area contributed by atoms with Crippen LogP contribution in [0.25, 0.3) is 0 Å². The van der Waals surface area contributed by atoms with Crippen molar-refractivity contribution in [2.24, 2.45) is 0 Å². The van der Waals surface area contributed by atoms with E-state index in [0.29, 0.717) is 6.54 Å². The minimum atomic E-state index is -0.313. The molecule has 0 radical (unpaired) electrons. The number of anilines is 1. The second kappa shape index (κ2) is 9.15. The Morgan fingerprint density at radius 3 is 2.23 bits per heavy atom. The summed E-state index contributed by atoms with van der Waals surface area (Å²) >= 11 is 0. The largest absolute Gasteiger partial charge is 0.335 e. The van der Waals surface area contributed by atoms with Gasteiger partial charge < -0.3 is 10.2 Å². The van der Waals surface area contributed by atoms with Crippen molar-refractivity contribution in [1.82, 2.24) is 9.80 Å². The molecule has 0 aromatic heterocycles. The van der Waals surface area contributed by atoms with E-state index in [0.717, 1.165) is 16.8 Å². The lowest BCUT2D eigenvalue weighted by Crippen LogP contribution is -2.46. The van der Waals surface area contributed by atoms with Crippen LogP contribution in [0.1, 0.15) is 18.1 Å². The lowest BCUT2D eigenvalue weighted by Gasteiger charge is -2.28. The van der Waals surface area contributed by atoms with Crippen molar-refractivity contribution < 1.29 is 9.59 Å². The zero-order chi connectivity index (χ0) is 19.1. The molecule has 0 saturated carbocycles. The van der Waals surface area contributed by atoms with Crippen molar-refractivity contribution >= 4 is 17.5 Å². The molecule has 0 aliphatic rings. The number of carbonyl (C=O) groups excluding carboxylic acids is 2. The van der Waals surface area contributed by atoms with Crippen molar-refractivity contribution in [2.75, 3.05) is 26.0 Å². The predicted octanol–water partition coefficient (Wildman–Crippen LogP) is 2.91. The van der Waals surface area contributed by atoms with Crippen LogP contribution in [-0.2, 0) is 16.1 Å².